The number of rotatable bonds is 11. The summed E-state index contributed by atoms with van der Waals surface area (Å²) in [5, 5.41) is 2.79. The maximum atomic E-state index is 11.9. The summed E-state index contributed by atoms with van der Waals surface area (Å²) in [5.74, 6) is 1.77. The summed E-state index contributed by atoms with van der Waals surface area (Å²) in [5.41, 5.74) is 1.01. The molecule has 0 aliphatic carbocycles. The van der Waals surface area contributed by atoms with E-state index in [9.17, 15) is 9.59 Å². The summed E-state index contributed by atoms with van der Waals surface area (Å²) in [4.78, 5) is 23.7. The van der Waals surface area contributed by atoms with Crippen LogP contribution in [0.5, 0.6) is 17.2 Å². The first kappa shape index (κ1) is 21.3. The topological polar surface area (TPSA) is 73.9 Å². The first-order valence-corrected chi connectivity index (χ1v) is 9.46. The van der Waals surface area contributed by atoms with Gasteiger partial charge >= 0.3 is 0 Å². The van der Waals surface area contributed by atoms with E-state index in [1.165, 1.54) is 6.92 Å². The second kappa shape index (κ2) is 11.0. The van der Waals surface area contributed by atoms with Crippen molar-refractivity contribution in [3.63, 3.8) is 0 Å². The molecule has 0 saturated heterocycles. The molecule has 1 N–H and O–H groups in total. The van der Waals surface area contributed by atoms with E-state index in [-0.39, 0.29) is 18.3 Å². The zero-order valence-electron chi connectivity index (χ0n) is 16.6. The molecule has 0 atom stereocenters. The van der Waals surface area contributed by atoms with Crippen LogP contribution in [-0.2, 0) is 4.79 Å². The number of carbonyl (C=O) groups excluding carboxylic acids is 2. The molecule has 0 saturated carbocycles. The highest BCUT2D eigenvalue weighted by atomic mass is 16.5. The number of ketones is 1. The van der Waals surface area contributed by atoms with Gasteiger partial charge < -0.3 is 19.5 Å². The normalized spacial score (nSPS) is 10.2. The van der Waals surface area contributed by atoms with Crippen molar-refractivity contribution in [3.05, 3.63) is 48.0 Å². The molecule has 2 rings (SSSR count). The number of amides is 1. The molecule has 0 aliphatic heterocycles. The Kier molecular flexibility index (Phi) is 8.34. The third-order valence-corrected chi connectivity index (χ3v) is 3.86. The van der Waals surface area contributed by atoms with Gasteiger partial charge in [0.05, 0.1) is 12.2 Å². The number of ether oxygens (including phenoxy) is 3. The fraction of sp³-hybridized carbons (Fsp3) is 0.364. The highest BCUT2D eigenvalue weighted by molar-refractivity contribution is 5.99. The van der Waals surface area contributed by atoms with Crippen LogP contribution in [0.15, 0.2) is 42.5 Å². The Labute approximate surface area is 165 Å². The van der Waals surface area contributed by atoms with Crippen molar-refractivity contribution in [1.29, 1.82) is 0 Å². The smallest absolute Gasteiger partial charge is 0.224 e. The molecule has 2 aromatic carbocycles. The number of nitrogens with one attached hydrogen (secondary N) is 1. The molecule has 0 spiro atoms. The first-order chi connectivity index (χ1) is 13.5. The summed E-state index contributed by atoms with van der Waals surface area (Å²) < 4.78 is 16.7. The first-order valence-electron chi connectivity index (χ1n) is 9.46. The Morgan fingerprint density at radius 3 is 2.14 bits per heavy atom. The van der Waals surface area contributed by atoms with E-state index in [4.69, 9.17) is 14.2 Å². The largest absolute Gasteiger partial charge is 0.494 e. The minimum Gasteiger partial charge on any atom is -0.494 e. The number of hydrogen-bond donors (Lipinski definition) is 1. The maximum absolute atomic E-state index is 11.9. The van der Waals surface area contributed by atoms with Crippen molar-refractivity contribution >= 4 is 17.4 Å². The van der Waals surface area contributed by atoms with Gasteiger partial charge in [0.1, 0.15) is 30.5 Å². The fourth-order valence-electron chi connectivity index (χ4n) is 2.57. The Balaban J connectivity index is 1.90. The van der Waals surface area contributed by atoms with Crippen LogP contribution in [0.25, 0.3) is 0 Å². The fourth-order valence-corrected chi connectivity index (χ4v) is 2.57. The third kappa shape index (κ3) is 6.61. The van der Waals surface area contributed by atoms with Crippen LogP contribution < -0.4 is 19.5 Å². The molecule has 2 aromatic rings. The summed E-state index contributed by atoms with van der Waals surface area (Å²) in [6, 6.07) is 12.4. The van der Waals surface area contributed by atoms with E-state index < -0.39 is 0 Å². The molecule has 0 aliphatic rings. The predicted molar refractivity (Wildman–Crippen MR) is 109 cm³/mol. The van der Waals surface area contributed by atoms with Gasteiger partial charge in [-0.3, -0.25) is 9.59 Å². The average molecular weight is 385 g/mol. The van der Waals surface area contributed by atoms with E-state index >= 15 is 0 Å². The predicted octanol–water partition coefficient (Wildman–Crippen LogP) is 4.48. The standard InChI is InChI=1S/C22H27NO5/c1-4-6-22(25)23-17-7-12-21(20(15-17)16(3)24)28-14-13-27-19-10-8-18(9-11-19)26-5-2/h7-12,15H,4-6,13-14H2,1-3H3,(H,23,25). The van der Waals surface area contributed by atoms with Crippen molar-refractivity contribution in [2.45, 2.75) is 33.6 Å². The van der Waals surface area contributed by atoms with E-state index in [0.717, 1.165) is 12.2 Å². The monoisotopic (exact) mass is 385 g/mol. The van der Waals surface area contributed by atoms with Crippen molar-refractivity contribution in [1.82, 2.24) is 0 Å². The van der Waals surface area contributed by atoms with Gasteiger partial charge in [0.2, 0.25) is 5.91 Å². The molecule has 0 unspecified atom stereocenters. The van der Waals surface area contributed by atoms with Crippen LogP contribution >= 0.6 is 0 Å². The van der Waals surface area contributed by atoms with E-state index in [0.29, 0.717) is 42.4 Å². The molecule has 6 heteroatoms. The number of anilines is 1. The lowest BCUT2D eigenvalue weighted by Gasteiger charge is -2.13. The Morgan fingerprint density at radius 2 is 1.54 bits per heavy atom. The minimum atomic E-state index is -0.131. The zero-order chi connectivity index (χ0) is 20.4. The van der Waals surface area contributed by atoms with Crippen LogP contribution in [-0.4, -0.2) is 31.5 Å². The molecule has 1 amide bonds. The van der Waals surface area contributed by atoms with Crippen molar-refractivity contribution in [3.8, 4) is 17.2 Å². The lowest BCUT2D eigenvalue weighted by Crippen LogP contribution is -2.13. The van der Waals surface area contributed by atoms with Gasteiger partial charge in [-0.2, -0.15) is 0 Å². The molecule has 0 heterocycles. The zero-order valence-corrected chi connectivity index (χ0v) is 16.6. The molecule has 0 bridgehead atoms. The lowest BCUT2D eigenvalue weighted by molar-refractivity contribution is -0.116. The SMILES string of the molecule is CCCC(=O)Nc1ccc(OCCOc2ccc(OCC)cc2)c(C(C)=O)c1. The Morgan fingerprint density at radius 1 is 0.893 bits per heavy atom. The van der Waals surface area contributed by atoms with E-state index in [1.807, 2.05) is 38.1 Å². The van der Waals surface area contributed by atoms with Crippen molar-refractivity contribution in [2.24, 2.45) is 0 Å². The van der Waals surface area contributed by atoms with Gasteiger partial charge in [0.25, 0.3) is 0 Å². The third-order valence-electron chi connectivity index (χ3n) is 3.86. The second-order valence-electron chi connectivity index (χ2n) is 6.17. The Hall–Kier alpha value is -3.02. The summed E-state index contributed by atoms with van der Waals surface area (Å²) in [6.07, 6.45) is 1.21. The molecule has 0 radical (unpaired) electrons. The second-order valence-corrected chi connectivity index (χ2v) is 6.17. The number of Topliss-reactive ketones (excluding diaryl/α,β-unsaturated/α-hetero) is 1. The van der Waals surface area contributed by atoms with Crippen LogP contribution in [0.4, 0.5) is 5.69 Å². The molecule has 0 aromatic heterocycles. The van der Waals surface area contributed by atoms with E-state index in [2.05, 4.69) is 5.32 Å². The molecule has 0 fully saturated rings. The molecule has 6 nitrogen and oxygen atoms in total. The summed E-state index contributed by atoms with van der Waals surface area (Å²) >= 11 is 0. The van der Waals surface area contributed by atoms with Crippen LogP contribution in [0.2, 0.25) is 0 Å². The van der Waals surface area contributed by atoms with Gasteiger partial charge in [-0.05, 0) is 62.7 Å². The van der Waals surface area contributed by atoms with Gasteiger partial charge in [-0.25, -0.2) is 0 Å². The number of hydrogen-bond acceptors (Lipinski definition) is 5. The quantitative estimate of drug-likeness (QED) is 0.456. The minimum absolute atomic E-state index is 0.0746. The van der Waals surface area contributed by atoms with Gasteiger partial charge in [0, 0.05) is 12.1 Å². The van der Waals surface area contributed by atoms with Crippen molar-refractivity contribution < 1.29 is 23.8 Å². The highest BCUT2D eigenvalue weighted by Crippen LogP contribution is 2.24. The highest BCUT2D eigenvalue weighted by Gasteiger charge is 2.11. The van der Waals surface area contributed by atoms with Crippen molar-refractivity contribution in [2.75, 3.05) is 25.1 Å². The van der Waals surface area contributed by atoms with Gasteiger partial charge in [-0.15, -0.1) is 0 Å². The lowest BCUT2D eigenvalue weighted by atomic mass is 10.1. The Bertz CT molecular complexity index is 786. The molecule has 28 heavy (non-hydrogen) atoms. The van der Waals surface area contributed by atoms with Crippen LogP contribution in [0, 0.1) is 0 Å². The van der Waals surface area contributed by atoms with E-state index in [1.54, 1.807) is 18.2 Å². The summed E-state index contributed by atoms with van der Waals surface area (Å²) in [6.45, 7) is 6.58. The van der Waals surface area contributed by atoms with Gasteiger partial charge in [0.15, 0.2) is 5.78 Å². The molecule has 150 valence electrons. The average Bonchev–Trinajstić information content (AvgIpc) is 2.67. The van der Waals surface area contributed by atoms with Crippen LogP contribution in [0.1, 0.15) is 44.0 Å². The molecular weight excluding hydrogens is 358 g/mol. The van der Waals surface area contributed by atoms with Gasteiger partial charge in [-0.1, -0.05) is 6.92 Å². The number of carbonyl (C=O) groups is 2. The number of benzene rings is 2. The molecular formula is C22H27NO5. The maximum Gasteiger partial charge on any atom is 0.224 e. The summed E-state index contributed by atoms with van der Waals surface area (Å²) in [7, 11) is 0. The van der Waals surface area contributed by atoms with Crippen LogP contribution in [0.3, 0.4) is 0 Å².